The summed E-state index contributed by atoms with van der Waals surface area (Å²) in [5.41, 5.74) is 0.204. The summed E-state index contributed by atoms with van der Waals surface area (Å²) in [6.45, 7) is 2.43. The molecule has 0 aromatic carbocycles. The van der Waals surface area contributed by atoms with Crippen molar-refractivity contribution in [2.24, 2.45) is 0 Å². The molecule has 0 radical (unpaired) electrons. The number of carbonyl (C=O) groups excluding carboxylic acids is 1. The van der Waals surface area contributed by atoms with Crippen molar-refractivity contribution in [2.75, 3.05) is 12.4 Å². The largest absolute Gasteiger partial charge is 0.372 e. The SMILES string of the molecule is CNc1ncc(F)cc1C(=O)NCc1ccc(C)s1. The van der Waals surface area contributed by atoms with Gasteiger partial charge in [-0.3, -0.25) is 4.79 Å². The number of thiophene rings is 1. The van der Waals surface area contributed by atoms with Gasteiger partial charge in [-0.15, -0.1) is 11.3 Å². The lowest BCUT2D eigenvalue weighted by molar-refractivity contribution is 0.0951. The van der Waals surface area contributed by atoms with E-state index in [1.807, 2.05) is 19.1 Å². The second kappa shape index (κ2) is 5.79. The summed E-state index contributed by atoms with van der Waals surface area (Å²) in [5.74, 6) is -0.514. The molecule has 19 heavy (non-hydrogen) atoms. The van der Waals surface area contributed by atoms with Crippen molar-refractivity contribution in [3.63, 3.8) is 0 Å². The Kier molecular flexibility index (Phi) is 4.11. The first kappa shape index (κ1) is 13.5. The molecule has 2 aromatic rings. The van der Waals surface area contributed by atoms with Crippen LogP contribution in [0, 0.1) is 12.7 Å². The number of aryl methyl sites for hydroxylation is 1. The number of anilines is 1. The average molecular weight is 279 g/mol. The van der Waals surface area contributed by atoms with Crippen LogP contribution in [0.15, 0.2) is 24.4 Å². The van der Waals surface area contributed by atoms with Crippen LogP contribution < -0.4 is 10.6 Å². The van der Waals surface area contributed by atoms with Gasteiger partial charge in [0.1, 0.15) is 11.6 Å². The number of rotatable bonds is 4. The summed E-state index contributed by atoms with van der Waals surface area (Å²) in [6.07, 6.45) is 1.07. The van der Waals surface area contributed by atoms with Crippen LogP contribution in [0.25, 0.3) is 0 Å². The first-order valence-corrected chi connectivity index (χ1v) is 6.58. The maximum Gasteiger partial charge on any atom is 0.255 e. The summed E-state index contributed by atoms with van der Waals surface area (Å²) in [5, 5.41) is 5.53. The Morgan fingerprint density at radius 1 is 1.47 bits per heavy atom. The van der Waals surface area contributed by atoms with Gasteiger partial charge in [0.2, 0.25) is 0 Å². The van der Waals surface area contributed by atoms with Gasteiger partial charge in [0.25, 0.3) is 5.91 Å². The van der Waals surface area contributed by atoms with E-state index in [0.717, 1.165) is 11.1 Å². The lowest BCUT2D eigenvalue weighted by Gasteiger charge is -2.08. The molecule has 0 atom stereocenters. The smallest absolute Gasteiger partial charge is 0.255 e. The van der Waals surface area contributed by atoms with E-state index in [1.165, 1.54) is 10.9 Å². The lowest BCUT2D eigenvalue weighted by atomic mass is 10.2. The zero-order chi connectivity index (χ0) is 13.8. The Morgan fingerprint density at radius 3 is 2.89 bits per heavy atom. The van der Waals surface area contributed by atoms with E-state index in [2.05, 4.69) is 15.6 Å². The molecule has 2 heterocycles. The van der Waals surface area contributed by atoms with E-state index in [-0.39, 0.29) is 11.5 Å². The molecule has 0 aliphatic carbocycles. The van der Waals surface area contributed by atoms with Crippen LogP contribution in [0.1, 0.15) is 20.1 Å². The summed E-state index contributed by atoms with van der Waals surface area (Å²) >= 11 is 1.62. The highest BCUT2D eigenvalue weighted by atomic mass is 32.1. The van der Waals surface area contributed by atoms with Crippen molar-refractivity contribution in [1.29, 1.82) is 0 Å². The third-order valence-electron chi connectivity index (χ3n) is 2.55. The normalized spacial score (nSPS) is 10.3. The Balaban J connectivity index is 2.09. The fourth-order valence-electron chi connectivity index (χ4n) is 1.65. The molecule has 2 N–H and O–H groups in total. The van der Waals surface area contributed by atoms with Crippen molar-refractivity contribution in [3.05, 3.63) is 45.5 Å². The van der Waals surface area contributed by atoms with Crippen LogP contribution in [0.2, 0.25) is 0 Å². The molecule has 0 fully saturated rings. The van der Waals surface area contributed by atoms with Crippen molar-refractivity contribution >= 4 is 23.1 Å². The van der Waals surface area contributed by atoms with Crippen LogP contribution in [0.5, 0.6) is 0 Å². The zero-order valence-corrected chi connectivity index (χ0v) is 11.5. The molecule has 2 rings (SSSR count). The first-order valence-electron chi connectivity index (χ1n) is 5.77. The number of carbonyl (C=O) groups is 1. The third-order valence-corrected chi connectivity index (χ3v) is 3.56. The molecule has 0 saturated heterocycles. The zero-order valence-electron chi connectivity index (χ0n) is 10.7. The van der Waals surface area contributed by atoms with Gasteiger partial charge in [-0.1, -0.05) is 0 Å². The maximum absolute atomic E-state index is 13.1. The fourth-order valence-corrected chi connectivity index (χ4v) is 2.48. The van der Waals surface area contributed by atoms with E-state index >= 15 is 0 Å². The second-order valence-electron chi connectivity index (χ2n) is 3.99. The van der Waals surface area contributed by atoms with Crippen LogP contribution in [0.4, 0.5) is 10.2 Å². The van der Waals surface area contributed by atoms with E-state index in [4.69, 9.17) is 0 Å². The molecule has 100 valence electrons. The molecule has 0 aliphatic rings. The highest BCUT2D eigenvalue weighted by Gasteiger charge is 2.13. The monoisotopic (exact) mass is 279 g/mol. The molecule has 1 amide bonds. The van der Waals surface area contributed by atoms with Gasteiger partial charge >= 0.3 is 0 Å². The number of hydrogen-bond acceptors (Lipinski definition) is 4. The predicted molar refractivity (Wildman–Crippen MR) is 74.0 cm³/mol. The van der Waals surface area contributed by atoms with E-state index in [0.29, 0.717) is 12.4 Å². The number of pyridine rings is 1. The summed E-state index contributed by atoms with van der Waals surface area (Å²) < 4.78 is 13.1. The van der Waals surface area contributed by atoms with E-state index in [9.17, 15) is 9.18 Å². The minimum absolute atomic E-state index is 0.204. The molecule has 2 aromatic heterocycles. The molecule has 0 saturated carbocycles. The molecular weight excluding hydrogens is 265 g/mol. The highest BCUT2D eigenvalue weighted by Crippen LogP contribution is 2.16. The van der Waals surface area contributed by atoms with Gasteiger partial charge in [-0.2, -0.15) is 0 Å². The number of aromatic nitrogens is 1. The predicted octanol–water partition coefficient (Wildman–Crippen LogP) is 2.56. The summed E-state index contributed by atoms with van der Waals surface area (Å²) in [4.78, 5) is 18.1. The van der Waals surface area contributed by atoms with Crippen molar-refractivity contribution in [3.8, 4) is 0 Å². The summed E-state index contributed by atoms with van der Waals surface area (Å²) in [7, 11) is 1.64. The number of halogens is 1. The van der Waals surface area contributed by atoms with Crippen molar-refractivity contribution in [2.45, 2.75) is 13.5 Å². The molecule has 4 nitrogen and oxygen atoms in total. The molecular formula is C13H14FN3OS. The van der Waals surface area contributed by atoms with Gasteiger partial charge in [0, 0.05) is 16.8 Å². The van der Waals surface area contributed by atoms with E-state index in [1.54, 1.807) is 18.4 Å². The van der Waals surface area contributed by atoms with Gasteiger partial charge in [0.15, 0.2) is 0 Å². The Bertz CT molecular complexity index is 597. The minimum atomic E-state index is -0.531. The molecule has 0 spiro atoms. The van der Waals surface area contributed by atoms with Crippen LogP contribution >= 0.6 is 11.3 Å². The van der Waals surface area contributed by atoms with Crippen LogP contribution in [-0.2, 0) is 6.54 Å². The minimum Gasteiger partial charge on any atom is -0.372 e. The van der Waals surface area contributed by atoms with Crippen LogP contribution in [0.3, 0.4) is 0 Å². The van der Waals surface area contributed by atoms with Crippen molar-refractivity contribution < 1.29 is 9.18 Å². The topological polar surface area (TPSA) is 54.0 Å². The number of hydrogen-bond donors (Lipinski definition) is 2. The summed E-state index contributed by atoms with van der Waals surface area (Å²) in [6, 6.07) is 5.13. The Morgan fingerprint density at radius 2 is 2.26 bits per heavy atom. The second-order valence-corrected chi connectivity index (χ2v) is 5.37. The van der Waals surface area contributed by atoms with Gasteiger partial charge in [0.05, 0.1) is 18.3 Å². The standard InChI is InChI=1S/C13H14FN3OS/c1-8-3-4-10(19-8)7-17-13(18)11-5-9(14)6-16-12(11)15-2/h3-6H,7H2,1-2H3,(H,15,16)(H,17,18). The quantitative estimate of drug-likeness (QED) is 0.904. The highest BCUT2D eigenvalue weighted by molar-refractivity contribution is 7.11. The molecule has 0 bridgehead atoms. The Hall–Kier alpha value is -1.95. The number of amides is 1. The van der Waals surface area contributed by atoms with Gasteiger partial charge in [-0.25, -0.2) is 9.37 Å². The Labute approximate surface area is 114 Å². The van der Waals surface area contributed by atoms with Gasteiger partial charge in [-0.05, 0) is 25.1 Å². The van der Waals surface area contributed by atoms with Crippen molar-refractivity contribution in [1.82, 2.24) is 10.3 Å². The van der Waals surface area contributed by atoms with E-state index < -0.39 is 5.82 Å². The number of nitrogens with zero attached hydrogens (tertiary/aromatic N) is 1. The number of nitrogens with one attached hydrogen (secondary N) is 2. The molecule has 0 unspecified atom stereocenters. The lowest BCUT2D eigenvalue weighted by Crippen LogP contribution is -2.23. The average Bonchev–Trinajstić information content (AvgIpc) is 2.81. The molecule has 6 heteroatoms. The third kappa shape index (κ3) is 3.29. The van der Waals surface area contributed by atoms with Gasteiger partial charge < -0.3 is 10.6 Å². The van der Waals surface area contributed by atoms with Crippen LogP contribution in [-0.4, -0.2) is 17.9 Å². The maximum atomic E-state index is 13.1. The first-order chi connectivity index (χ1) is 9.10. The fraction of sp³-hybridized carbons (Fsp3) is 0.231. The molecule has 0 aliphatic heterocycles.